The Morgan fingerprint density at radius 1 is 1.07 bits per heavy atom. The second-order valence-electron chi connectivity index (χ2n) is 8.15. The maximum Gasteiger partial charge on any atom is 0.262 e. The first-order chi connectivity index (χ1) is 13.4. The van der Waals surface area contributed by atoms with Crippen molar-refractivity contribution in [2.45, 2.75) is 51.2 Å². The number of benzene rings is 1. The largest absolute Gasteiger partial charge is 0.376 e. The van der Waals surface area contributed by atoms with Crippen LogP contribution >= 0.6 is 0 Å². The molecule has 7 nitrogen and oxygen atoms in total. The van der Waals surface area contributed by atoms with Crippen LogP contribution in [0, 0.1) is 20.8 Å². The van der Waals surface area contributed by atoms with Crippen molar-refractivity contribution >= 4 is 11.7 Å². The zero-order valence-corrected chi connectivity index (χ0v) is 17.0. The molecule has 0 aliphatic carbocycles. The summed E-state index contributed by atoms with van der Waals surface area (Å²) in [7, 11) is 1.63. The number of hydrogen-bond acceptors (Lipinski definition) is 6. The maximum absolute atomic E-state index is 13.7. The lowest BCUT2D eigenvalue weighted by Gasteiger charge is -2.43. The molecule has 0 aromatic heterocycles. The number of ether oxygens (including phenoxy) is 1. The summed E-state index contributed by atoms with van der Waals surface area (Å²) in [6, 6.07) is 4.07. The third-order valence-electron chi connectivity index (χ3n) is 6.25. The first-order valence-corrected chi connectivity index (χ1v) is 9.87. The van der Waals surface area contributed by atoms with Crippen LogP contribution in [-0.2, 0) is 24.0 Å². The van der Waals surface area contributed by atoms with E-state index in [1.165, 1.54) is 5.06 Å². The molecule has 28 heavy (non-hydrogen) atoms. The van der Waals surface area contributed by atoms with Crippen molar-refractivity contribution in [1.82, 2.24) is 10.1 Å². The lowest BCUT2D eigenvalue weighted by Crippen LogP contribution is -2.58. The van der Waals surface area contributed by atoms with Gasteiger partial charge < -0.3 is 9.57 Å². The molecule has 3 fully saturated rings. The van der Waals surface area contributed by atoms with E-state index in [-0.39, 0.29) is 17.8 Å². The minimum Gasteiger partial charge on any atom is -0.376 e. The van der Waals surface area contributed by atoms with Crippen molar-refractivity contribution in [3.05, 3.63) is 34.4 Å². The molecule has 1 atom stereocenters. The molecule has 3 aliphatic heterocycles. The van der Waals surface area contributed by atoms with Gasteiger partial charge in [0.15, 0.2) is 5.78 Å². The van der Waals surface area contributed by atoms with E-state index in [9.17, 15) is 9.59 Å². The summed E-state index contributed by atoms with van der Waals surface area (Å²) in [6.45, 7) is 8.02. The lowest BCUT2D eigenvalue weighted by atomic mass is 9.79. The van der Waals surface area contributed by atoms with Gasteiger partial charge in [-0.1, -0.05) is 17.7 Å². The molecule has 0 saturated carbocycles. The molecule has 1 spiro atoms. The molecule has 1 aromatic rings. The molecule has 3 aliphatic rings. The van der Waals surface area contributed by atoms with Gasteiger partial charge in [-0.25, -0.2) is 5.06 Å². The number of piperidine rings is 1. The van der Waals surface area contributed by atoms with E-state index in [1.54, 1.807) is 7.11 Å². The van der Waals surface area contributed by atoms with E-state index >= 15 is 0 Å². The molecule has 7 heteroatoms. The number of hydrogen-bond donors (Lipinski definition) is 0. The summed E-state index contributed by atoms with van der Waals surface area (Å²) >= 11 is 0. The van der Waals surface area contributed by atoms with Crippen molar-refractivity contribution < 1.29 is 24.0 Å². The summed E-state index contributed by atoms with van der Waals surface area (Å²) in [5, 5.41) is 3.22. The molecule has 1 aromatic carbocycles. The Bertz CT molecular complexity index is 773. The predicted octanol–water partition coefficient (Wildman–Crippen LogP) is 1.83. The number of hydroxylamine groups is 4. The lowest BCUT2D eigenvalue weighted by molar-refractivity contribution is -0.282. The van der Waals surface area contributed by atoms with Gasteiger partial charge in [-0.3, -0.25) is 14.4 Å². The van der Waals surface area contributed by atoms with Gasteiger partial charge in [0, 0.05) is 13.1 Å². The van der Waals surface area contributed by atoms with Gasteiger partial charge in [-0.05, 0) is 50.3 Å². The number of carbonyl (C=O) groups is 2. The monoisotopic (exact) mass is 388 g/mol. The molecule has 1 amide bonds. The summed E-state index contributed by atoms with van der Waals surface area (Å²) in [5.41, 5.74) is 2.96. The maximum atomic E-state index is 13.7. The summed E-state index contributed by atoms with van der Waals surface area (Å²) in [5.74, 6) is -1.11. The standard InChI is InChI=1S/C21H28N2O5/c1-13-9-14(2)17(15(3)10-13)18-19(24)21(5-7-22(26-4)8-6-21)23(20(18)25)28-16-11-27-12-16/h9-10,16,18H,5-8,11-12H2,1-4H3. The van der Waals surface area contributed by atoms with Crippen molar-refractivity contribution in [3.8, 4) is 0 Å². The first kappa shape index (κ1) is 19.5. The molecule has 152 valence electrons. The Morgan fingerprint density at radius 3 is 2.18 bits per heavy atom. The average molecular weight is 388 g/mol. The highest BCUT2D eigenvalue weighted by Gasteiger charge is 2.61. The molecule has 0 bridgehead atoms. The second-order valence-corrected chi connectivity index (χ2v) is 8.15. The third-order valence-corrected chi connectivity index (χ3v) is 6.25. The number of carbonyl (C=O) groups excluding carboxylic acids is 2. The van der Waals surface area contributed by atoms with Crippen molar-refractivity contribution in [2.24, 2.45) is 0 Å². The van der Waals surface area contributed by atoms with E-state index in [1.807, 2.05) is 38.0 Å². The number of nitrogens with zero attached hydrogens (tertiary/aromatic N) is 2. The van der Waals surface area contributed by atoms with Crippen LogP contribution in [0.1, 0.15) is 41.0 Å². The normalized spacial score (nSPS) is 25.6. The van der Waals surface area contributed by atoms with Gasteiger partial charge in [0.05, 0.1) is 20.3 Å². The van der Waals surface area contributed by atoms with Crippen LogP contribution in [0.15, 0.2) is 12.1 Å². The summed E-state index contributed by atoms with van der Waals surface area (Å²) < 4.78 is 5.20. The van der Waals surface area contributed by atoms with Gasteiger partial charge >= 0.3 is 0 Å². The van der Waals surface area contributed by atoms with Crippen LogP contribution in [0.4, 0.5) is 0 Å². The highest BCUT2D eigenvalue weighted by atomic mass is 16.7. The molecule has 0 radical (unpaired) electrons. The summed E-state index contributed by atoms with van der Waals surface area (Å²) in [6.07, 6.45) is 0.826. The Hall–Kier alpha value is -1.80. The smallest absolute Gasteiger partial charge is 0.262 e. The summed E-state index contributed by atoms with van der Waals surface area (Å²) in [4.78, 5) is 38.6. The van der Waals surface area contributed by atoms with E-state index in [0.717, 1.165) is 22.3 Å². The fourth-order valence-corrected chi connectivity index (χ4v) is 4.78. The number of amides is 1. The highest BCUT2D eigenvalue weighted by molar-refractivity contribution is 6.17. The van der Waals surface area contributed by atoms with Gasteiger partial charge in [0.1, 0.15) is 17.6 Å². The van der Waals surface area contributed by atoms with Gasteiger partial charge in [0.2, 0.25) is 0 Å². The predicted molar refractivity (Wildman–Crippen MR) is 101 cm³/mol. The molecule has 3 heterocycles. The van der Waals surface area contributed by atoms with Crippen LogP contribution in [0.2, 0.25) is 0 Å². The molecular formula is C21H28N2O5. The second kappa shape index (κ2) is 7.22. The topological polar surface area (TPSA) is 68.3 Å². The SMILES string of the molecule is CON1CCC2(CC1)C(=O)C(c1c(C)cc(C)cc1C)C(=O)N2OC1COC1. The third kappa shape index (κ3) is 2.97. The number of Topliss-reactive ketones (excluding diaryl/α,β-unsaturated/α-hetero) is 1. The van der Waals surface area contributed by atoms with E-state index in [2.05, 4.69) is 0 Å². The number of rotatable bonds is 4. The van der Waals surface area contributed by atoms with Crippen LogP contribution in [-0.4, -0.2) is 66.9 Å². The van der Waals surface area contributed by atoms with Crippen LogP contribution in [0.5, 0.6) is 0 Å². The van der Waals surface area contributed by atoms with Crippen molar-refractivity contribution in [1.29, 1.82) is 0 Å². The van der Waals surface area contributed by atoms with E-state index in [4.69, 9.17) is 14.4 Å². The Balaban J connectivity index is 1.73. The minimum atomic E-state index is -0.934. The van der Waals surface area contributed by atoms with E-state index < -0.39 is 11.5 Å². The van der Waals surface area contributed by atoms with Gasteiger partial charge in [-0.2, -0.15) is 5.06 Å². The van der Waals surface area contributed by atoms with Gasteiger partial charge in [-0.15, -0.1) is 0 Å². The number of aryl methyl sites for hydroxylation is 3. The van der Waals surface area contributed by atoms with Crippen molar-refractivity contribution in [2.75, 3.05) is 33.4 Å². The Kier molecular flexibility index (Phi) is 5.03. The zero-order valence-electron chi connectivity index (χ0n) is 17.0. The fraction of sp³-hybridized carbons (Fsp3) is 0.619. The van der Waals surface area contributed by atoms with E-state index in [0.29, 0.717) is 39.1 Å². The molecule has 3 saturated heterocycles. The molecule has 1 unspecified atom stereocenters. The van der Waals surface area contributed by atoms with Gasteiger partial charge in [0.25, 0.3) is 5.91 Å². The molecular weight excluding hydrogens is 360 g/mol. The Labute approximate surface area is 165 Å². The number of ketones is 1. The van der Waals surface area contributed by atoms with Crippen LogP contribution in [0.25, 0.3) is 0 Å². The minimum absolute atomic E-state index is 0.0523. The van der Waals surface area contributed by atoms with Crippen molar-refractivity contribution in [3.63, 3.8) is 0 Å². The quantitative estimate of drug-likeness (QED) is 0.733. The zero-order chi connectivity index (χ0) is 20.1. The molecule has 0 N–H and O–H groups in total. The van der Waals surface area contributed by atoms with Crippen LogP contribution < -0.4 is 0 Å². The molecule has 4 rings (SSSR count). The fourth-order valence-electron chi connectivity index (χ4n) is 4.78. The van der Waals surface area contributed by atoms with Crippen LogP contribution in [0.3, 0.4) is 0 Å². The Morgan fingerprint density at radius 2 is 1.68 bits per heavy atom. The first-order valence-electron chi connectivity index (χ1n) is 9.87. The average Bonchev–Trinajstić information content (AvgIpc) is 2.80. The highest BCUT2D eigenvalue weighted by Crippen LogP contribution is 2.45.